The van der Waals surface area contributed by atoms with Gasteiger partial charge in [0.1, 0.15) is 5.75 Å². The minimum atomic E-state index is -0.397. The van der Waals surface area contributed by atoms with Crippen LogP contribution in [0.4, 0.5) is 11.4 Å². The molecule has 5 rings (SSSR count). The number of rotatable bonds is 7. The summed E-state index contributed by atoms with van der Waals surface area (Å²) in [5.74, 6) is 0.761. The average Bonchev–Trinajstić information content (AvgIpc) is 3.30. The number of nitro benzene ring substituents is 1. The lowest BCUT2D eigenvalue weighted by atomic mass is 10.1. The number of benzene rings is 3. The lowest BCUT2D eigenvalue weighted by molar-refractivity contribution is -0.384. The van der Waals surface area contributed by atoms with Crippen LogP contribution >= 0.6 is 0 Å². The van der Waals surface area contributed by atoms with Crippen molar-refractivity contribution in [1.82, 2.24) is 9.47 Å². The number of carbonyl (C=O) groups excluding carboxylic acids is 1. The first kappa shape index (κ1) is 25.1. The van der Waals surface area contributed by atoms with Crippen molar-refractivity contribution in [3.05, 3.63) is 106 Å². The molecular formula is C30H30N4O4. The summed E-state index contributed by atoms with van der Waals surface area (Å²) in [5.41, 5.74) is 5.36. The van der Waals surface area contributed by atoms with Gasteiger partial charge in [-0.25, -0.2) is 0 Å². The number of non-ortho nitro benzene ring substituents is 1. The number of carbonyl (C=O) groups is 1. The second-order valence-corrected chi connectivity index (χ2v) is 9.18. The van der Waals surface area contributed by atoms with Gasteiger partial charge in [-0.2, -0.15) is 0 Å². The molecule has 0 aliphatic carbocycles. The van der Waals surface area contributed by atoms with Gasteiger partial charge in [-0.05, 0) is 49.7 Å². The lowest BCUT2D eigenvalue weighted by Gasteiger charge is -2.36. The number of para-hydroxylation sites is 2. The molecule has 0 N–H and O–H groups in total. The SMILES string of the molecule is CCOc1ccccc1-n1c(-c2ccccc2)cc(C(=O)N2CCN(c3ccc([N+](=O)[O-])cc3)CC2)c1C. The first-order valence-corrected chi connectivity index (χ1v) is 12.8. The van der Waals surface area contributed by atoms with Crippen LogP contribution in [0.3, 0.4) is 0 Å². The predicted octanol–water partition coefficient (Wildman–Crippen LogP) is 5.72. The summed E-state index contributed by atoms with van der Waals surface area (Å²) in [6, 6.07) is 26.5. The van der Waals surface area contributed by atoms with Gasteiger partial charge in [0.15, 0.2) is 0 Å². The van der Waals surface area contributed by atoms with Crippen molar-refractivity contribution in [3.63, 3.8) is 0 Å². The Labute approximate surface area is 221 Å². The number of piperazine rings is 1. The molecule has 0 saturated carbocycles. The highest BCUT2D eigenvalue weighted by molar-refractivity contribution is 5.97. The second-order valence-electron chi connectivity index (χ2n) is 9.18. The molecule has 0 radical (unpaired) electrons. The van der Waals surface area contributed by atoms with E-state index in [2.05, 4.69) is 9.47 Å². The molecule has 8 heteroatoms. The summed E-state index contributed by atoms with van der Waals surface area (Å²) in [6.45, 7) is 6.93. The number of hydrogen-bond acceptors (Lipinski definition) is 5. The van der Waals surface area contributed by atoms with Gasteiger partial charge in [-0.1, -0.05) is 42.5 Å². The summed E-state index contributed by atoms with van der Waals surface area (Å²) in [5, 5.41) is 11.0. The Morgan fingerprint density at radius 1 is 0.921 bits per heavy atom. The van der Waals surface area contributed by atoms with Crippen molar-refractivity contribution in [1.29, 1.82) is 0 Å². The second kappa shape index (κ2) is 10.8. The van der Waals surface area contributed by atoms with Gasteiger partial charge >= 0.3 is 0 Å². The van der Waals surface area contributed by atoms with Crippen LogP contribution in [0.1, 0.15) is 23.0 Å². The molecule has 3 aromatic carbocycles. The Bertz CT molecular complexity index is 1440. The molecule has 1 aromatic heterocycles. The maximum Gasteiger partial charge on any atom is 0.269 e. The normalized spacial score (nSPS) is 13.4. The highest BCUT2D eigenvalue weighted by Crippen LogP contribution is 2.34. The van der Waals surface area contributed by atoms with Crippen molar-refractivity contribution >= 4 is 17.3 Å². The van der Waals surface area contributed by atoms with Crippen molar-refractivity contribution in [2.24, 2.45) is 0 Å². The van der Waals surface area contributed by atoms with Gasteiger partial charge in [-0.3, -0.25) is 14.9 Å². The van der Waals surface area contributed by atoms with Crippen molar-refractivity contribution in [3.8, 4) is 22.7 Å². The molecule has 1 fully saturated rings. The van der Waals surface area contributed by atoms with Gasteiger partial charge in [0, 0.05) is 49.7 Å². The average molecular weight is 511 g/mol. The monoisotopic (exact) mass is 510 g/mol. The van der Waals surface area contributed by atoms with E-state index in [1.807, 2.05) is 79.4 Å². The topological polar surface area (TPSA) is 80.8 Å². The predicted molar refractivity (Wildman–Crippen MR) is 148 cm³/mol. The molecular weight excluding hydrogens is 480 g/mol. The van der Waals surface area contributed by atoms with Crippen LogP contribution in [-0.4, -0.2) is 53.1 Å². The highest BCUT2D eigenvalue weighted by Gasteiger charge is 2.27. The highest BCUT2D eigenvalue weighted by atomic mass is 16.6. The van der Waals surface area contributed by atoms with Gasteiger partial charge in [-0.15, -0.1) is 0 Å². The standard InChI is InChI=1S/C30H30N4O4/c1-3-38-29-12-8-7-11-27(29)33-22(2)26(21-28(33)23-9-5-4-6-10-23)30(35)32-19-17-31(18-20-32)24-13-15-25(16-14-24)34(36)37/h4-16,21H,3,17-20H2,1-2H3. The van der Waals surface area contributed by atoms with E-state index < -0.39 is 4.92 Å². The van der Waals surface area contributed by atoms with Crippen LogP contribution in [-0.2, 0) is 0 Å². The summed E-state index contributed by atoms with van der Waals surface area (Å²) in [7, 11) is 0. The molecule has 1 aliphatic heterocycles. The molecule has 1 saturated heterocycles. The maximum atomic E-state index is 13.8. The van der Waals surface area contributed by atoms with Gasteiger partial charge < -0.3 is 19.1 Å². The number of anilines is 1. The Morgan fingerprint density at radius 3 is 2.24 bits per heavy atom. The third-order valence-corrected chi connectivity index (χ3v) is 6.95. The third-order valence-electron chi connectivity index (χ3n) is 6.95. The Morgan fingerprint density at radius 2 is 1.58 bits per heavy atom. The number of ether oxygens (including phenoxy) is 1. The largest absolute Gasteiger partial charge is 0.492 e. The van der Waals surface area contributed by atoms with Gasteiger partial charge in [0.25, 0.3) is 11.6 Å². The first-order valence-electron chi connectivity index (χ1n) is 12.8. The molecule has 2 heterocycles. The minimum Gasteiger partial charge on any atom is -0.492 e. The number of nitrogens with zero attached hydrogens (tertiary/aromatic N) is 4. The zero-order valence-corrected chi connectivity index (χ0v) is 21.5. The van der Waals surface area contributed by atoms with E-state index in [4.69, 9.17) is 4.74 Å². The number of aromatic nitrogens is 1. The fraction of sp³-hybridized carbons (Fsp3) is 0.233. The molecule has 38 heavy (non-hydrogen) atoms. The van der Waals surface area contributed by atoms with E-state index in [0.29, 0.717) is 38.3 Å². The van der Waals surface area contributed by atoms with Crippen LogP contribution in [0, 0.1) is 17.0 Å². The summed E-state index contributed by atoms with van der Waals surface area (Å²) >= 11 is 0. The summed E-state index contributed by atoms with van der Waals surface area (Å²) in [4.78, 5) is 28.4. The molecule has 0 atom stereocenters. The molecule has 1 aliphatic rings. The fourth-order valence-electron chi connectivity index (χ4n) is 5.00. The number of amides is 1. The van der Waals surface area contributed by atoms with Crippen molar-refractivity contribution in [2.45, 2.75) is 13.8 Å². The molecule has 4 aromatic rings. The lowest BCUT2D eigenvalue weighted by Crippen LogP contribution is -2.48. The van der Waals surface area contributed by atoms with Crippen LogP contribution < -0.4 is 9.64 Å². The zero-order chi connectivity index (χ0) is 26.6. The van der Waals surface area contributed by atoms with Crippen LogP contribution in [0.2, 0.25) is 0 Å². The van der Waals surface area contributed by atoms with E-state index >= 15 is 0 Å². The van der Waals surface area contributed by atoms with E-state index in [0.717, 1.165) is 34.1 Å². The molecule has 8 nitrogen and oxygen atoms in total. The van der Waals surface area contributed by atoms with Gasteiger partial charge in [0.2, 0.25) is 0 Å². The van der Waals surface area contributed by atoms with Gasteiger partial charge in [0.05, 0.1) is 28.5 Å². The molecule has 0 spiro atoms. The van der Waals surface area contributed by atoms with Crippen LogP contribution in [0.5, 0.6) is 5.75 Å². The van der Waals surface area contributed by atoms with E-state index in [-0.39, 0.29) is 11.6 Å². The Hall–Kier alpha value is -4.59. The third kappa shape index (κ3) is 4.85. The molecule has 194 valence electrons. The number of nitro groups is 1. The maximum absolute atomic E-state index is 13.8. The molecule has 0 unspecified atom stereocenters. The fourth-order valence-corrected chi connectivity index (χ4v) is 5.00. The Kier molecular flexibility index (Phi) is 7.13. The quantitative estimate of drug-likeness (QED) is 0.235. The Balaban J connectivity index is 1.43. The summed E-state index contributed by atoms with van der Waals surface area (Å²) < 4.78 is 8.05. The van der Waals surface area contributed by atoms with Crippen LogP contribution in [0.15, 0.2) is 84.9 Å². The summed E-state index contributed by atoms with van der Waals surface area (Å²) in [6.07, 6.45) is 0. The van der Waals surface area contributed by atoms with Crippen molar-refractivity contribution < 1.29 is 14.5 Å². The smallest absolute Gasteiger partial charge is 0.269 e. The molecule has 0 bridgehead atoms. The van der Waals surface area contributed by atoms with Crippen molar-refractivity contribution in [2.75, 3.05) is 37.7 Å². The number of hydrogen-bond donors (Lipinski definition) is 0. The minimum absolute atomic E-state index is 0.00401. The first-order chi connectivity index (χ1) is 18.5. The van der Waals surface area contributed by atoms with E-state index in [9.17, 15) is 14.9 Å². The van der Waals surface area contributed by atoms with E-state index in [1.54, 1.807) is 12.1 Å². The van der Waals surface area contributed by atoms with Crippen LogP contribution in [0.25, 0.3) is 16.9 Å². The zero-order valence-electron chi connectivity index (χ0n) is 21.5. The van der Waals surface area contributed by atoms with E-state index in [1.165, 1.54) is 12.1 Å². The molecule has 1 amide bonds.